The summed E-state index contributed by atoms with van der Waals surface area (Å²) in [6.45, 7) is 0. The molecule has 2 saturated carbocycles. The lowest BCUT2D eigenvalue weighted by atomic mass is 9.65. The van der Waals surface area contributed by atoms with Gasteiger partial charge in [-0.25, -0.2) is 0 Å². The fourth-order valence-corrected chi connectivity index (χ4v) is 4.27. The third-order valence-electron chi connectivity index (χ3n) is 5.53. The number of hydrogen-bond acceptors (Lipinski definition) is 0. The molecule has 0 spiro atoms. The standard InChI is InChI=1S/C18H25B/c19-18-12-10-17(11-13-18)16-8-6-15(7-9-16)14-4-2-1-3-5-14/h1-5,15-18H,6-13H2. The van der Waals surface area contributed by atoms with Crippen molar-refractivity contribution in [3.8, 4) is 0 Å². The zero-order chi connectivity index (χ0) is 13.1. The van der Waals surface area contributed by atoms with Gasteiger partial charge >= 0.3 is 0 Å². The van der Waals surface area contributed by atoms with Crippen molar-refractivity contribution in [3.05, 3.63) is 35.9 Å². The van der Waals surface area contributed by atoms with Gasteiger partial charge in [-0.1, -0.05) is 61.8 Å². The van der Waals surface area contributed by atoms with E-state index in [-0.39, 0.29) is 0 Å². The van der Waals surface area contributed by atoms with Gasteiger partial charge in [-0.15, -0.1) is 0 Å². The topological polar surface area (TPSA) is 0 Å². The highest BCUT2D eigenvalue weighted by Gasteiger charge is 2.30. The van der Waals surface area contributed by atoms with Gasteiger partial charge in [-0.05, 0) is 49.0 Å². The maximum absolute atomic E-state index is 6.02. The first-order valence-corrected chi connectivity index (χ1v) is 8.13. The average Bonchev–Trinajstić information content (AvgIpc) is 2.49. The Bertz CT molecular complexity index is 370. The predicted molar refractivity (Wildman–Crippen MR) is 82.6 cm³/mol. The van der Waals surface area contributed by atoms with E-state index in [9.17, 15) is 0 Å². The van der Waals surface area contributed by atoms with Crippen molar-refractivity contribution in [2.45, 2.75) is 63.1 Å². The number of rotatable bonds is 2. The van der Waals surface area contributed by atoms with Crippen LogP contribution in [0, 0.1) is 11.8 Å². The Balaban J connectivity index is 1.52. The third-order valence-corrected chi connectivity index (χ3v) is 5.53. The van der Waals surface area contributed by atoms with Crippen molar-refractivity contribution < 1.29 is 0 Å². The summed E-state index contributed by atoms with van der Waals surface area (Å²) in [6, 6.07) is 11.1. The maximum atomic E-state index is 6.02. The van der Waals surface area contributed by atoms with Gasteiger partial charge in [0.25, 0.3) is 0 Å². The minimum atomic E-state index is 0.497. The van der Waals surface area contributed by atoms with Gasteiger partial charge in [0, 0.05) is 0 Å². The largest absolute Gasteiger partial charge is 0.0774 e. The summed E-state index contributed by atoms with van der Waals surface area (Å²) in [5, 5.41) is 0. The first kappa shape index (κ1) is 13.3. The molecule has 0 saturated heterocycles. The normalized spacial score (nSPS) is 36.0. The van der Waals surface area contributed by atoms with E-state index in [0.29, 0.717) is 5.82 Å². The minimum Gasteiger partial charge on any atom is -0.0774 e. The molecule has 1 aromatic carbocycles. The minimum absolute atomic E-state index is 0.497. The molecule has 0 unspecified atom stereocenters. The maximum Gasteiger partial charge on any atom is 0.0699 e. The summed E-state index contributed by atoms with van der Waals surface area (Å²) in [5.41, 5.74) is 1.56. The molecule has 19 heavy (non-hydrogen) atoms. The van der Waals surface area contributed by atoms with Crippen molar-refractivity contribution in [2.24, 2.45) is 11.8 Å². The van der Waals surface area contributed by atoms with Gasteiger partial charge in [0.1, 0.15) is 0 Å². The monoisotopic (exact) mass is 252 g/mol. The Labute approximate surface area is 119 Å². The highest BCUT2D eigenvalue weighted by atomic mass is 14.3. The molecule has 0 aliphatic heterocycles. The van der Waals surface area contributed by atoms with E-state index in [2.05, 4.69) is 30.3 Å². The van der Waals surface area contributed by atoms with Crippen LogP contribution in [-0.2, 0) is 0 Å². The summed E-state index contributed by atoms with van der Waals surface area (Å²) >= 11 is 0. The Morgan fingerprint density at radius 1 is 0.684 bits per heavy atom. The van der Waals surface area contributed by atoms with E-state index in [1.54, 1.807) is 5.56 Å². The smallest absolute Gasteiger partial charge is 0.0699 e. The molecule has 0 aromatic heterocycles. The molecule has 0 amide bonds. The van der Waals surface area contributed by atoms with E-state index in [1.807, 2.05) is 0 Å². The molecule has 2 aliphatic carbocycles. The van der Waals surface area contributed by atoms with Crippen molar-refractivity contribution in [2.75, 3.05) is 0 Å². The Hall–Kier alpha value is -0.715. The van der Waals surface area contributed by atoms with Gasteiger partial charge in [-0.3, -0.25) is 0 Å². The van der Waals surface area contributed by atoms with Gasteiger partial charge < -0.3 is 0 Å². The summed E-state index contributed by atoms with van der Waals surface area (Å²) in [4.78, 5) is 0. The quantitative estimate of drug-likeness (QED) is 0.642. The van der Waals surface area contributed by atoms with Crippen LogP contribution in [0.4, 0.5) is 0 Å². The number of benzene rings is 1. The molecule has 0 N–H and O–H groups in total. The van der Waals surface area contributed by atoms with Crippen LogP contribution in [0.5, 0.6) is 0 Å². The molecule has 2 fully saturated rings. The summed E-state index contributed by atoms with van der Waals surface area (Å²) < 4.78 is 0. The van der Waals surface area contributed by atoms with Crippen LogP contribution in [0.1, 0.15) is 62.8 Å². The lowest BCUT2D eigenvalue weighted by Crippen LogP contribution is -2.24. The van der Waals surface area contributed by atoms with Gasteiger partial charge in [0.15, 0.2) is 0 Å². The molecule has 0 atom stereocenters. The highest BCUT2D eigenvalue weighted by molar-refractivity contribution is 6.11. The Kier molecular flexibility index (Phi) is 4.30. The molecule has 1 aromatic rings. The fourth-order valence-electron chi connectivity index (χ4n) is 4.27. The van der Waals surface area contributed by atoms with E-state index in [0.717, 1.165) is 17.8 Å². The van der Waals surface area contributed by atoms with Crippen LogP contribution < -0.4 is 0 Å². The van der Waals surface area contributed by atoms with Crippen LogP contribution in [0.2, 0.25) is 5.82 Å². The van der Waals surface area contributed by atoms with Crippen molar-refractivity contribution in [1.29, 1.82) is 0 Å². The molecule has 0 nitrogen and oxygen atoms in total. The lowest BCUT2D eigenvalue weighted by molar-refractivity contribution is 0.186. The number of hydrogen-bond donors (Lipinski definition) is 0. The first-order chi connectivity index (χ1) is 9.33. The Morgan fingerprint density at radius 2 is 1.21 bits per heavy atom. The molecular formula is C18H25B. The second kappa shape index (κ2) is 6.16. The van der Waals surface area contributed by atoms with Crippen LogP contribution in [0.25, 0.3) is 0 Å². The molecule has 0 bridgehead atoms. The summed E-state index contributed by atoms with van der Waals surface area (Å²) in [6.07, 6.45) is 11.0. The van der Waals surface area contributed by atoms with Crippen molar-refractivity contribution in [3.63, 3.8) is 0 Å². The molecular weight excluding hydrogens is 227 g/mol. The van der Waals surface area contributed by atoms with E-state index >= 15 is 0 Å². The molecule has 2 aliphatic rings. The average molecular weight is 252 g/mol. The van der Waals surface area contributed by atoms with E-state index in [1.165, 1.54) is 51.4 Å². The molecule has 100 valence electrons. The molecule has 0 heterocycles. The summed E-state index contributed by atoms with van der Waals surface area (Å²) in [5.74, 6) is 3.30. The van der Waals surface area contributed by atoms with Crippen LogP contribution in [0.3, 0.4) is 0 Å². The lowest BCUT2D eigenvalue weighted by Gasteiger charge is -2.37. The van der Waals surface area contributed by atoms with Crippen LogP contribution in [-0.4, -0.2) is 7.85 Å². The van der Waals surface area contributed by atoms with E-state index in [4.69, 9.17) is 7.85 Å². The zero-order valence-electron chi connectivity index (χ0n) is 11.9. The molecule has 3 rings (SSSR count). The second-order valence-electron chi connectivity index (χ2n) is 6.70. The first-order valence-electron chi connectivity index (χ1n) is 8.13. The van der Waals surface area contributed by atoms with Crippen molar-refractivity contribution >= 4 is 7.85 Å². The predicted octanol–water partition coefficient (Wildman–Crippen LogP) is 5.11. The van der Waals surface area contributed by atoms with Crippen LogP contribution in [0.15, 0.2) is 30.3 Å². The fraction of sp³-hybridized carbons (Fsp3) is 0.667. The molecule has 2 radical (unpaired) electrons. The van der Waals surface area contributed by atoms with E-state index < -0.39 is 0 Å². The Morgan fingerprint density at radius 3 is 1.79 bits per heavy atom. The van der Waals surface area contributed by atoms with Gasteiger partial charge in [-0.2, -0.15) is 0 Å². The SMILES string of the molecule is [B]C1CCC(C2CCC(c3ccccc3)CC2)CC1. The second-order valence-corrected chi connectivity index (χ2v) is 6.70. The van der Waals surface area contributed by atoms with Gasteiger partial charge in [0.2, 0.25) is 0 Å². The zero-order valence-corrected chi connectivity index (χ0v) is 11.9. The summed E-state index contributed by atoms with van der Waals surface area (Å²) in [7, 11) is 6.02. The third kappa shape index (κ3) is 3.24. The highest BCUT2D eigenvalue weighted by Crippen LogP contribution is 2.44. The van der Waals surface area contributed by atoms with Crippen molar-refractivity contribution in [1.82, 2.24) is 0 Å². The van der Waals surface area contributed by atoms with Gasteiger partial charge in [0.05, 0.1) is 7.85 Å². The molecule has 1 heteroatoms. The van der Waals surface area contributed by atoms with Crippen LogP contribution >= 0.6 is 0 Å².